The summed E-state index contributed by atoms with van der Waals surface area (Å²) >= 11 is 0. The maximum Gasteiger partial charge on any atom is 0.220 e. The second-order valence-electron chi connectivity index (χ2n) is 4.91. The van der Waals surface area contributed by atoms with Crippen molar-refractivity contribution >= 4 is 5.91 Å². The largest absolute Gasteiger partial charge is 0.352 e. The summed E-state index contributed by atoms with van der Waals surface area (Å²) in [6, 6.07) is 0.369. The van der Waals surface area contributed by atoms with Crippen LogP contribution in [0.1, 0.15) is 32.1 Å². The molecule has 0 bridgehead atoms. The molecule has 2 aliphatic rings. The minimum atomic E-state index is 0.211. The van der Waals surface area contributed by atoms with E-state index in [0.717, 1.165) is 26.1 Å². The van der Waals surface area contributed by atoms with Crippen LogP contribution in [0.4, 0.5) is 0 Å². The Kier molecular flexibility index (Phi) is 4.60. The summed E-state index contributed by atoms with van der Waals surface area (Å²) < 4.78 is 0. The minimum absolute atomic E-state index is 0.211. The van der Waals surface area contributed by atoms with Crippen LogP contribution in [0.3, 0.4) is 0 Å². The van der Waals surface area contributed by atoms with Crippen LogP contribution in [-0.2, 0) is 4.79 Å². The molecule has 0 aliphatic carbocycles. The van der Waals surface area contributed by atoms with Crippen molar-refractivity contribution in [1.29, 1.82) is 0 Å². The molecule has 0 aromatic rings. The number of piperidine rings is 1. The van der Waals surface area contributed by atoms with Crippen LogP contribution in [0, 0.1) is 0 Å². The number of likely N-dealkylation sites (tertiary alicyclic amines) is 1. The number of hydrogen-bond acceptors (Lipinski definition) is 3. The second kappa shape index (κ2) is 6.21. The van der Waals surface area contributed by atoms with Crippen molar-refractivity contribution in [3.05, 3.63) is 0 Å². The third kappa shape index (κ3) is 3.76. The Morgan fingerprint density at radius 3 is 2.81 bits per heavy atom. The maximum atomic E-state index is 11.0. The second-order valence-corrected chi connectivity index (χ2v) is 4.91. The van der Waals surface area contributed by atoms with Gasteiger partial charge in [-0.05, 0) is 32.4 Å². The van der Waals surface area contributed by atoms with Crippen LogP contribution in [0.25, 0.3) is 0 Å². The van der Waals surface area contributed by atoms with Crippen LogP contribution in [0.15, 0.2) is 0 Å². The van der Waals surface area contributed by atoms with Crippen LogP contribution in [-0.4, -0.2) is 49.6 Å². The van der Waals surface area contributed by atoms with Crippen molar-refractivity contribution in [2.24, 2.45) is 0 Å². The molecule has 0 spiro atoms. The average Bonchev–Trinajstić information content (AvgIpc) is 2.72. The molecule has 0 aromatic carbocycles. The van der Waals surface area contributed by atoms with Crippen molar-refractivity contribution in [3.8, 4) is 0 Å². The number of carbonyl (C=O) groups excluding carboxylic acids is 1. The normalized spacial score (nSPS) is 27.0. The van der Waals surface area contributed by atoms with E-state index in [-0.39, 0.29) is 5.91 Å². The minimum Gasteiger partial charge on any atom is -0.352 e. The molecule has 2 heterocycles. The van der Waals surface area contributed by atoms with Gasteiger partial charge in [0.2, 0.25) is 5.91 Å². The van der Waals surface area contributed by atoms with E-state index in [1.165, 1.54) is 32.4 Å². The highest BCUT2D eigenvalue weighted by molar-refractivity contribution is 5.78. The summed E-state index contributed by atoms with van der Waals surface area (Å²) in [5.41, 5.74) is 0. The van der Waals surface area contributed by atoms with Gasteiger partial charge in [0.25, 0.3) is 0 Å². The van der Waals surface area contributed by atoms with Crippen molar-refractivity contribution in [2.45, 2.75) is 38.1 Å². The molecule has 16 heavy (non-hydrogen) atoms. The molecule has 2 saturated heterocycles. The summed E-state index contributed by atoms with van der Waals surface area (Å²) in [6.45, 7) is 5.66. The Morgan fingerprint density at radius 1 is 1.31 bits per heavy atom. The zero-order valence-corrected chi connectivity index (χ0v) is 10.0. The first-order valence-electron chi connectivity index (χ1n) is 6.57. The number of hydrogen-bond donors (Lipinski definition) is 2. The number of carbonyl (C=O) groups is 1. The molecule has 0 aromatic heterocycles. The first kappa shape index (κ1) is 11.9. The average molecular weight is 225 g/mol. The summed E-state index contributed by atoms with van der Waals surface area (Å²) in [6.07, 6.45) is 5.82. The predicted molar refractivity (Wildman–Crippen MR) is 64.3 cm³/mol. The van der Waals surface area contributed by atoms with E-state index in [1.807, 2.05) is 0 Å². The summed E-state index contributed by atoms with van der Waals surface area (Å²) in [5.74, 6) is 0.211. The van der Waals surface area contributed by atoms with E-state index < -0.39 is 0 Å². The van der Waals surface area contributed by atoms with E-state index in [0.29, 0.717) is 12.5 Å². The number of rotatable bonds is 5. The molecular formula is C12H23N3O. The van der Waals surface area contributed by atoms with Crippen molar-refractivity contribution in [1.82, 2.24) is 15.5 Å². The lowest BCUT2D eigenvalue weighted by molar-refractivity contribution is -0.119. The van der Waals surface area contributed by atoms with Gasteiger partial charge in [-0.15, -0.1) is 0 Å². The fourth-order valence-electron chi connectivity index (χ4n) is 2.53. The lowest BCUT2D eigenvalue weighted by Gasteiger charge is -2.26. The molecule has 0 saturated carbocycles. The molecule has 2 fully saturated rings. The molecule has 1 amide bonds. The molecule has 2 N–H and O–H groups in total. The van der Waals surface area contributed by atoms with Gasteiger partial charge in [0.1, 0.15) is 0 Å². The monoisotopic (exact) mass is 225 g/mol. The highest BCUT2D eigenvalue weighted by Crippen LogP contribution is 2.07. The van der Waals surface area contributed by atoms with Gasteiger partial charge in [-0.1, -0.05) is 6.42 Å². The van der Waals surface area contributed by atoms with Crippen molar-refractivity contribution < 1.29 is 4.79 Å². The van der Waals surface area contributed by atoms with Gasteiger partial charge < -0.3 is 15.5 Å². The van der Waals surface area contributed by atoms with E-state index in [4.69, 9.17) is 0 Å². The third-order valence-corrected chi connectivity index (χ3v) is 3.53. The topological polar surface area (TPSA) is 44.4 Å². The van der Waals surface area contributed by atoms with Crippen molar-refractivity contribution in [3.63, 3.8) is 0 Å². The van der Waals surface area contributed by atoms with Gasteiger partial charge in [-0.3, -0.25) is 4.79 Å². The fraction of sp³-hybridized carbons (Fsp3) is 0.917. The fourth-order valence-corrected chi connectivity index (χ4v) is 2.53. The van der Waals surface area contributed by atoms with Crippen molar-refractivity contribution in [2.75, 3.05) is 32.7 Å². The smallest absolute Gasteiger partial charge is 0.220 e. The zero-order valence-electron chi connectivity index (χ0n) is 10.0. The van der Waals surface area contributed by atoms with Crippen LogP contribution in [0.5, 0.6) is 0 Å². The Balaban J connectivity index is 1.49. The first-order valence-corrected chi connectivity index (χ1v) is 6.57. The molecular weight excluding hydrogens is 202 g/mol. The Hall–Kier alpha value is -0.610. The molecule has 2 rings (SSSR count). The van der Waals surface area contributed by atoms with Gasteiger partial charge in [0, 0.05) is 32.1 Å². The molecule has 4 heteroatoms. The van der Waals surface area contributed by atoms with Gasteiger partial charge in [0.05, 0.1) is 0 Å². The number of nitrogens with one attached hydrogen (secondary N) is 2. The van der Waals surface area contributed by atoms with Crippen LogP contribution in [0.2, 0.25) is 0 Å². The Bertz CT molecular complexity index is 226. The number of nitrogens with zero attached hydrogens (tertiary/aromatic N) is 1. The SMILES string of the molecule is O=C1CCC(CNCCN2CCCCC2)N1. The lowest BCUT2D eigenvalue weighted by Crippen LogP contribution is -2.40. The standard InChI is InChI=1S/C12H23N3O/c16-12-5-4-11(14-12)10-13-6-9-15-7-2-1-3-8-15/h11,13H,1-10H2,(H,14,16). The molecule has 4 nitrogen and oxygen atoms in total. The van der Waals surface area contributed by atoms with Gasteiger partial charge >= 0.3 is 0 Å². The first-order chi connectivity index (χ1) is 7.84. The van der Waals surface area contributed by atoms with Crippen LogP contribution >= 0.6 is 0 Å². The molecule has 1 atom stereocenters. The summed E-state index contributed by atoms with van der Waals surface area (Å²) in [5, 5.41) is 6.42. The van der Waals surface area contributed by atoms with Gasteiger partial charge in [-0.25, -0.2) is 0 Å². The lowest BCUT2D eigenvalue weighted by atomic mass is 10.1. The van der Waals surface area contributed by atoms with E-state index >= 15 is 0 Å². The molecule has 0 radical (unpaired) electrons. The highest BCUT2D eigenvalue weighted by atomic mass is 16.1. The summed E-state index contributed by atoms with van der Waals surface area (Å²) in [4.78, 5) is 13.5. The van der Waals surface area contributed by atoms with E-state index in [1.54, 1.807) is 0 Å². The summed E-state index contributed by atoms with van der Waals surface area (Å²) in [7, 11) is 0. The molecule has 2 aliphatic heterocycles. The number of amides is 1. The highest BCUT2D eigenvalue weighted by Gasteiger charge is 2.19. The van der Waals surface area contributed by atoms with E-state index in [2.05, 4.69) is 15.5 Å². The predicted octanol–water partition coefficient (Wildman–Crippen LogP) is 0.341. The molecule has 92 valence electrons. The zero-order chi connectivity index (χ0) is 11.2. The maximum absolute atomic E-state index is 11.0. The van der Waals surface area contributed by atoms with Gasteiger partial charge in [-0.2, -0.15) is 0 Å². The van der Waals surface area contributed by atoms with Crippen LogP contribution < -0.4 is 10.6 Å². The quantitative estimate of drug-likeness (QED) is 0.663. The Morgan fingerprint density at radius 2 is 2.12 bits per heavy atom. The third-order valence-electron chi connectivity index (χ3n) is 3.53. The Labute approximate surface area is 97.8 Å². The van der Waals surface area contributed by atoms with Gasteiger partial charge in [0.15, 0.2) is 0 Å². The van der Waals surface area contributed by atoms with E-state index in [9.17, 15) is 4.79 Å². The molecule has 1 unspecified atom stereocenters.